The van der Waals surface area contributed by atoms with E-state index in [0.717, 1.165) is 28.0 Å². The van der Waals surface area contributed by atoms with Crippen molar-refractivity contribution in [3.63, 3.8) is 0 Å². The fourth-order valence-electron chi connectivity index (χ4n) is 3.84. The predicted octanol–water partition coefficient (Wildman–Crippen LogP) is 6.08. The molecular formula is C28H23NO2. The number of methoxy groups -OCH3 is 1. The summed E-state index contributed by atoms with van der Waals surface area (Å²) in [5, 5.41) is 9.27. The Balaban J connectivity index is 1.87. The second-order valence-corrected chi connectivity index (χ2v) is 7.24. The van der Waals surface area contributed by atoms with Gasteiger partial charge >= 0.3 is 0 Å². The van der Waals surface area contributed by atoms with Crippen LogP contribution in [-0.2, 0) is 16.9 Å². The zero-order chi connectivity index (χ0) is 21.5. The zero-order valence-corrected chi connectivity index (χ0v) is 17.4. The van der Waals surface area contributed by atoms with E-state index in [9.17, 15) is 5.26 Å². The van der Waals surface area contributed by atoms with Crippen molar-refractivity contribution in [1.82, 2.24) is 0 Å². The Hall–Kier alpha value is -3.87. The Morgan fingerprint density at radius 2 is 1.29 bits per heavy atom. The topological polar surface area (TPSA) is 42.2 Å². The molecule has 3 nitrogen and oxygen atoms in total. The van der Waals surface area contributed by atoms with Crippen LogP contribution < -0.4 is 4.74 Å². The van der Waals surface area contributed by atoms with Gasteiger partial charge in [0.1, 0.15) is 11.4 Å². The van der Waals surface area contributed by atoms with Crippen molar-refractivity contribution in [3.8, 4) is 11.8 Å². The van der Waals surface area contributed by atoms with Crippen LogP contribution in [0.15, 0.2) is 109 Å². The maximum absolute atomic E-state index is 9.27. The number of nitrogens with zero attached hydrogens (tertiary/aromatic N) is 1. The lowest BCUT2D eigenvalue weighted by atomic mass is 9.80. The lowest BCUT2D eigenvalue weighted by Gasteiger charge is -2.36. The molecule has 0 atom stereocenters. The normalized spacial score (nSPS) is 11.0. The fourth-order valence-corrected chi connectivity index (χ4v) is 3.84. The molecular weight excluding hydrogens is 382 g/mol. The molecule has 0 saturated carbocycles. The summed E-state index contributed by atoms with van der Waals surface area (Å²) < 4.78 is 12.2. The molecule has 4 rings (SSSR count). The third kappa shape index (κ3) is 4.21. The molecule has 0 N–H and O–H groups in total. The van der Waals surface area contributed by atoms with Gasteiger partial charge < -0.3 is 9.47 Å². The number of nitriles is 1. The Bertz CT molecular complexity index is 1120. The van der Waals surface area contributed by atoms with E-state index in [1.165, 1.54) is 0 Å². The molecule has 0 heterocycles. The molecule has 0 aliphatic carbocycles. The summed E-state index contributed by atoms with van der Waals surface area (Å²) in [4.78, 5) is 0. The average molecular weight is 405 g/mol. The summed E-state index contributed by atoms with van der Waals surface area (Å²) in [6.45, 7) is 0.353. The summed E-state index contributed by atoms with van der Waals surface area (Å²) in [7, 11) is 1.66. The molecule has 31 heavy (non-hydrogen) atoms. The Morgan fingerprint density at radius 1 is 0.710 bits per heavy atom. The maximum atomic E-state index is 9.27. The first-order valence-corrected chi connectivity index (χ1v) is 10.1. The van der Waals surface area contributed by atoms with Gasteiger partial charge in [0.25, 0.3) is 0 Å². The van der Waals surface area contributed by atoms with E-state index < -0.39 is 5.60 Å². The van der Waals surface area contributed by atoms with Crippen LogP contribution in [0.1, 0.15) is 27.8 Å². The van der Waals surface area contributed by atoms with Gasteiger partial charge in [-0.05, 0) is 46.5 Å². The Labute approximate surface area is 183 Å². The highest BCUT2D eigenvalue weighted by Gasteiger charge is 2.37. The molecule has 0 unspecified atom stereocenters. The maximum Gasteiger partial charge on any atom is 0.144 e. The summed E-state index contributed by atoms with van der Waals surface area (Å²) in [6, 6.07) is 38.2. The van der Waals surface area contributed by atoms with Gasteiger partial charge in [0.2, 0.25) is 0 Å². The molecule has 0 bridgehead atoms. The minimum Gasteiger partial charge on any atom is -0.497 e. The second kappa shape index (κ2) is 9.30. The van der Waals surface area contributed by atoms with Gasteiger partial charge in [-0.3, -0.25) is 0 Å². The molecule has 0 aromatic heterocycles. The Kier molecular flexibility index (Phi) is 6.12. The molecule has 4 aromatic rings. The lowest BCUT2D eigenvalue weighted by molar-refractivity contribution is 0.000211. The van der Waals surface area contributed by atoms with Gasteiger partial charge in [-0.25, -0.2) is 0 Å². The molecule has 0 saturated heterocycles. The summed E-state index contributed by atoms with van der Waals surface area (Å²) >= 11 is 0. The minimum atomic E-state index is -0.822. The first-order chi connectivity index (χ1) is 15.3. The monoisotopic (exact) mass is 405 g/mol. The van der Waals surface area contributed by atoms with Crippen molar-refractivity contribution in [2.24, 2.45) is 0 Å². The van der Waals surface area contributed by atoms with E-state index >= 15 is 0 Å². The number of hydrogen-bond donors (Lipinski definition) is 0. The van der Waals surface area contributed by atoms with Gasteiger partial charge in [-0.2, -0.15) is 5.26 Å². The standard InChI is InChI=1S/C28H23NO2/c1-30-27-17-15-26(16-18-27)28(24-11-4-2-5-12-24,25-13-6-3-7-14-25)31-21-23-10-8-9-22(19-23)20-29/h2-19H,21H2,1H3. The van der Waals surface area contributed by atoms with Crippen LogP contribution in [0.5, 0.6) is 5.75 Å². The molecule has 4 aromatic carbocycles. The molecule has 0 fully saturated rings. The number of rotatable bonds is 7. The molecule has 3 heteroatoms. The van der Waals surface area contributed by atoms with Crippen molar-refractivity contribution >= 4 is 0 Å². The molecule has 0 radical (unpaired) electrons. The average Bonchev–Trinajstić information content (AvgIpc) is 2.86. The molecule has 152 valence electrons. The highest BCUT2D eigenvalue weighted by molar-refractivity contribution is 5.48. The lowest BCUT2D eigenvalue weighted by Crippen LogP contribution is -2.32. The molecule has 0 amide bonds. The van der Waals surface area contributed by atoms with Gasteiger partial charge in [-0.15, -0.1) is 0 Å². The highest BCUT2D eigenvalue weighted by Crippen LogP contribution is 2.41. The molecule has 0 aliphatic rings. The predicted molar refractivity (Wildman–Crippen MR) is 122 cm³/mol. The van der Waals surface area contributed by atoms with Gasteiger partial charge in [0.05, 0.1) is 25.3 Å². The van der Waals surface area contributed by atoms with Gasteiger partial charge in [0.15, 0.2) is 0 Å². The highest BCUT2D eigenvalue weighted by atomic mass is 16.5. The molecule has 0 spiro atoms. The van der Waals surface area contributed by atoms with Crippen LogP contribution in [0, 0.1) is 11.3 Å². The van der Waals surface area contributed by atoms with Crippen molar-refractivity contribution in [2.75, 3.05) is 7.11 Å². The SMILES string of the molecule is COc1ccc(C(OCc2cccc(C#N)c2)(c2ccccc2)c2ccccc2)cc1. The van der Waals surface area contributed by atoms with Crippen molar-refractivity contribution in [1.29, 1.82) is 5.26 Å². The van der Waals surface area contributed by atoms with Crippen molar-refractivity contribution in [3.05, 3.63) is 137 Å². The van der Waals surface area contributed by atoms with E-state index in [-0.39, 0.29) is 0 Å². The summed E-state index contributed by atoms with van der Waals surface area (Å²) in [5.74, 6) is 0.792. The van der Waals surface area contributed by atoms with Crippen molar-refractivity contribution < 1.29 is 9.47 Å². The Morgan fingerprint density at radius 3 is 1.84 bits per heavy atom. The van der Waals surface area contributed by atoms with Gasteiger partial charge in [-0.1, -0.05) is 84.9 Å². The second-order valence-electron chi connectivity index (χ2n) is 7.24. The van der Waals surface area contributed by atoms with Crippen molar-refractivity contribution in [2.45, 2.75) is 12.2 Å². The van der Waals surface area contributed by atoms with E-state index in [0.29, 0.717) is 12.2 Å². The van der Waals surface area contributed by atoms with E-state index in [4.69, 9.17) is 9.47 Å². The number of ether oxygens (including phenoxy) is 2. The van der Waals surface area contributed by atoms with Crippen LogP contribution in [0.4, 0.5) is 0 Å². The van der Waals surface area contributed by atoms with E-state index in [1.54, 1.807) is 13.2 Å². The van der Waals surface area contributed by atoms with Crippen LogP contribution in [-0.4, -0.2) is 7.11 Å². The smallest absolute Gasteiger partial charge is 0.144 e. The zero-order valence-electron chi connectivity index (χ0n) is 17.4. The van der Waals surface area contributed by atoms with E-state index in [1.807, 2.05) is 78.9 Å². The third-order valence-corrected chi connectivity index (χ3v) is 5.37. The molecule has 0 aliphatic heterocycles. The number of benzene rings is 4. The quantitative estimate of drug-likeness (QED) is 0.350. The van der Waals surface area contributed by atoms with E-state index in [2.05, 4.69) is 30.3 Å². The first-order valence-electron chi connectivity index (χ1n) is 10.1. The van der Waals surface area contributed by atoms with Crippen LogP contribution in [0.3, 0.4) is 0 Å². The largest absolute Gasteiger partial charge is 0.497 e. The van der Waals surface area contributed by atoms with Crippen LogP contribution in [0.2, 0.25) is 0 Å². The summed E-state index contributed by atoms with van der Waals surface area (Å²) in [6.07, 6.45) is 0. The minimum absolute atomic E-state index is 0.353. The first kappa shape index (κ1) is 20.4. The third-order valence-electron chi connectivity index (χ3n) is 5.37. The fraction of sp³-hybridized carbons (Fsp3) is 0.107. The van der Waals surface area contributed by atoms with Crippen LogP contribution in [0.25, 0.3) is 0 Å². The number of hydrogen-bond acceptors (Lipinski definition) is 3. The van der Waals surface area contributed by atoms with Gasteiger partial charge in [0, 0.05) is 0 Å². The van der Waals surface area contributed by atoms with Crippen LogP contribution >= 0.6 is 0 Å². The summed E-state index contributed by atoms with van der Waals surface area (Å²) in [5.41, 5.74) is 3.81.